The van der Waals surface area contributed by atoms with Crippen LogP contribution in [0.5, 0.6) is 0 Å². The highest BCUT2D eigenvalue weighted by molar-refractivity contribution is 7.89. The molecule has 33 heavy (non-hydrogen) atoms. The predicted octanol–water partition coefficient (Wildman–Crippen LogP) is 4.14. The summed E-state index contributed by atoms with van der Waals surface area (Å²) in [5.74, 6) is 0.921. The van der Waals surface area contributed by atoms with Crippen molar-refractivity contribution in [1.82, 2.24) is 18.8 Å². The van der Waals surface area contributed by atoms with E-state index in [0.29, 0.717) is 44.4 Å². The molecule has 0 unspecified atom stereocenters. The van der Waals surface area contributed by atoms with Gasteiger partial charge in [0.2, 0.25) is 10.0 Å². The molecule has 178 valence electrons. The van der Waals surface area contributed by atoms with Gasteiger partial charge >= 0.3 is 0 Å². The summed E-state index contributed by atoms with van der Waals surface area (Å²) >= 11 is 6.18. The average Bonchev–Trinajstić information content (AvgIpc) is 3.15. The number of hydrogen-bond acceptors (Lipinski definition) is 5. The number of aryl methyl sites for hydroxylation is 1. The summed E-state index contributed by atoms with van der Waals surface area (Å²) in [5, 5.41) is 0.728. The van der Waals surface area contributed by atoms with Gasteiger partial charge in [-0.1, -0.05) is 23.7 Å². The number of nitrogens with zero attached hydrogens (tertiary/aromatic N) is 4. The first kappa shape index (κ1) is 24.2. The van der Waals surface area contributed by atoms with Crippen LogP contribution < -0.4 is 0 Å². The van der Waals surface area contributed by atoms with E-state index in [1.54, 1.807) is 12.1 Å². The third-order valence-corrected chi connectivity index (χ3v) is 8.20. The molecule has 0 atom stereocenters. The van der Waals surface area contributed by atoms with Gasteiger partial charge < -0.3 is 9.30 Å². The SMILES string of the molecule is CCn1c(CN(Cc2cccc(Cl)c2)C(C)C)nc2cc(S(=O)(=O)N3CCOCC3)ccc21. The number of benzene rings is 2. The molecule has 4 rings (SSSR count). The van der Waals surface area contributed by atoms with Crippen LogP contribution in [0.15, 0.2) is 47.4 Å². The van der Waals surface area contributed by atoms with Crippen molar-refractivity contribution in [3.8, 4) is 0 Å². The number of hydrogen-bond donors (Lipinski definition) is 0. The average molecular weight is 491 g/mol. The Kier molecular flexibility index (Phi) is 7.40. The van der Waals surface area contributed by atoms with Crippen molar-refractivity contribution < 1.29 is 13.2 Å². The molecule has 1 saturated heterocycles. The Morgan fingerprint density at radius 3 is 2.55 bits per heavy atom. The van der Waals surface area contributed by atoms with Crippen LogP contribution in [-0.4, -0.2) is 59.5 Å². The first-order valence-corrected chi connectivity index (χ1v) is 13.2. The number of imidazole rings is 1. The lowest BCUT2D eigenvalue weighted by atomic mass is 10.2. The summed E-state index contributed by atoms with van der Waals surface area (Å²) in [4.78, 5) is 7.49. The molecule has 0 saturated carbocycles. The molecule has 0 amide bonds. The number of aromatic nitrogens is 2. The maximum Gasteiger partial charge on any atom is 0.243 e. The molecular weight excluding hydrogens is 460 g/mol. The molecule has 0 bridgehead atoms. The maximum atomic E-state index is 13.1. The van der Waals surface area contributed by atoms with E-state index in [2.05, 4.69) is 36.3 Å². The van der Waals surface area contributed by atoms with E-state index in [1.165, 1.54) is 4.31 Å². The molecule has 9 heteroatoms. The molecule has 2 aromatic carbocycles. The van der Waals surface area contributed by atoms with Crippen molar-refractivity contribution in [3.63, 3.8) is 0 Å². The normalized spacial score (nSPS) is 15.7. The minimum Gasteiger partial charge on any atom is -0.379 e. The zero-order chi connectivity index (χ0) is 23.6. The molecule has 1 aromatic heterocycles. The van der Waals surface area contributed by atoms with Crippen LogP contribution in [0.3, 0.4) is 0 Å². The van der Waals surface area contributed by atoms with Gasteiger partial charge in [-0.2, -0.15) is 4.31 Å². The Bertz CT molecular complexity index is 1220. The number of sulfonamides is 1. The van der Waals surface area contributed by atoms with Crippen molar-refractivity contribution in [2.75, 3.05) is 26.3 Å². The third kappa shape index (κ3) is 5.25. The van der Waals surface area contributed by atoms with E-state index in [-0.39, 0.29) is 4.90 Å². The summed E-state index contributed by atoms with van der Waals surface area (Å²) in [5.41, 5.74) is 2.79. The van der Waals surface area contributed by atoms with Crippen molar-refractivity contribution in [1.29, 1.82) is 0 Å². The summed E-state index contributed by atoms with van der Waals surface area (Å²) < 4.78 is 35.2. The van der Waals surface area contributed by atoms with Crippen LogP contribution in [0.2, 0.25) is 5.02 Å². The number of morpholine rings is 1. The zero-order valence-corrected chi connectivity index (χ0v) is 20.9. The Hall–Kier alpha value is -1.97. The van der Waals surface area contributed by atoms with E-state index < -0.39 is 10.0 Å². The summed E-state index contributed by atoms with van der Waals surface area (Å²) in [6.07, 6.45) is 0. The Labute approximate surface area is 201 Å². The Morgan fingerprint density at radius 1 is 1.12 bits per heavy atom. The minimum atomic E-state index is -3.56. The lowest BCUT2D eigenvalue weighted by molar-refractivity contribution is 0.0730. The van der Waals surface area contributed by atoms with Gasteiger partial charge in [0.15, 0.2) is 0 Å². The molecular formula is C24H31ClN4O3S. The van der Waals surface area contributed by atoms with Gasteiger partial charge in [-0.05, 0) is 56.7 Å². The number of fused-ring (bicyclic) bond motifs is 1. The zero-order valence-electron chi connectivity index (χ0n) is 19.4. The van der Waals surface area contributed by atoms with Gasteiger partial charge in [-0.3, -0.25) is 4.90 Å². The second-order valence-electron chi connectivity index (χ2n) is 8.57. The fourth-order valence-electron chi connectivity index (χ4n) is 4.20. The molecule has 1 aliphatic heterocycles. The lowest BCUT2D eigenvalue weighted by Gasteiger charge is -2.26. The molecule has 0 N–H and O–H groups in total. The minimum absolute atomic E-state index is 0.281. The Morgan fingerprint density at radius 2 is 1.88 bits per heavy atom. The van der Waals surface area contributed by atoms with Crippen molar-refractivity contribution in [3.05, 3.63) is 58.9 Å². The highest BCUT2D eigenvalue weighted by Crippen LogP contribution is 2.25. The van der Waals surface area contributed by atoms with Crippen molar-refractivity contribution in [2.24, 2.45) is 0 Å². The van der Waals surface area contributed by atoms with Gasteiger partial charge in [0.1, 0.15) is 5.82 Å². The summed E-state index contributed by atoms with van der Waals surface area (Å²) in [6.45, 7) is 10.2. The topological polar surface area (TPSA) is 67.7 Å². The van der Waals surface area contributed by atoms with Gasteiger partial charge in [-0.15, -0.1) is 0 Å². The smallest absolute Gasteiger partial charge is 0.243 e. The molecule has 0 aliphatic carbocycles. The number of halogens is 1. The fourth-order valence-corrected chi connectivity index (χ4v) is 5.84. The van der Waals surface area contributed by atoms with E-state index in [1.807, 2.05) is 24.3 Å². The van der Waals surface area contributed by atoms with Crippen molar-refractivity contribution >= 4 is 32.7 Å². The van der Waals surface area contributed by atoms with Gasteiger partial charge in [0.25, 0.3) is 0 Å². The lowest BCUT2D eigenvalue weighted by Crippen LogP contribution is -2.40. The van der Waals surface area contributed by atoms with Crippen LogP contribution in [0, 0.1) is 0 Å². The molecule has 1 fully saturated rings. The first-order valence-electron chi connectivity index (χ1n) is 11.3. The molecule has 0 spiro atoms. The molecule has 1 aliphatic rings. The standard InChI is InChI=1S/C24H31ClN4O3S/c1-4-29-23-9-8-21(33(30,31)28-10-12-32-13-11-28)15-22(23)26-24(29)17-27(18(2)3)16-19-6-5-7-20(25)14-19/h5-9,14-15,18H,4,10-13,16-17H2,1-3H3. The highest BCUT2D eigenvalue weighted by atomic mass is 35.5. The maximum absolute atomic E-state index is 13.1. The first-order chi connectivity index (χ1) is 15.8. The summed E-state index contributed by atoms with van der Waals surface area (Å²) in [7, 11) is -3.56. The number of ether oxygens (including phenoxy) is 1. The van der Waals surface area contributed by atoms with Crippen LogP contribution in [-0.2, 0) is 34.4 Å². The number of rotatable bonds is 8. The van der Waals surface area contributed by atoms with E-state index in [9.17, 15) is 8.42 Å². The molecule has 0 radical (unpaired) electrons. The molecule has 7 nitrogen and oxygen atoms in total. The predicted molar refractivity (Wildman–Crippen MR) is 131 cm³/mol. The molecule has 3 aromatic rings. The second-order valence-corrected chi connectivity index (χ2v) is 10.9. The van der Waals surface area contributed by atoms with Crippen molar-refractivity contribution in [2.45, 2.75) is 51.3 Å². The quantitative estimate of drug-likeness (QED) is 0.474. The van der Waals surface area contributed by atoms with Crippen LogP contribution in [0.4, 0.5) is 0 Å². The van der Waals surface area contributed by atoms with Crippen LogP contribution in [0.25, 0.3) is 11.0 Å². The second kappa shape index (κ2) is 10.1. The van der Waals surface area contributed by atoms with Crippen LogP contribution in [0.1, 0.15) is 32.2 Å². The van der Waals surface area contributed by atoms with Crippen LogP contribution >= 0.6 is 11.6 Å². The Balaban J connectivity index is 1.64. The van der Waals surface area contributed by atoms with E-state index in [4.69, 9.17) is 21.3 Å². The highest BCUT2D eigenvalue weighted by Gasteiger charge is 2.27. The monoisotopic (exact) mass is 490 g/mol. The fraction of sp³-hybridized carbons (Fsp3) is 0.458. The van der Waals surface area contributed by atoms with Gasteiger partial charge in [-0.25, -0.2) is 13.4 Å². The molecule has 2 heterocycles. The summed E-state index contributed by atoms with van der Waals surface area (Å²) in [6, 6.07) is 13.5. The van der Waals surface area contributed by atoms with E-state index in [0.717, 1.165) is 35.0 Å². The van der Waals surface area contributed by atoms with Gasteiger partial charge in [0.05, 0.1) is 35.7 Å². The largest absolute Gasteiger partial charge is 0.379 e. The van der Waals surface area contributed by atoms with E-state index >= 15 is 0 Å². The third-order valence-electron chi connectivity index (χ3n) is 6.07. The van der Waals surface area contributed by atoms with Gasteiger partial charge in [0, 0.05) is 37.2 Å².